The van der Waals surface area contributed by atoms with Gasteiger partial charge in [0.05, 0.1) is 6.54 Å². The van der Waals surface area contributed by atoms with Crippen LogP contribution < -0.4 is 5.32 Å². The van der Waals surface area contributed by atoms with Crippen molar-refractivity contribution in [1.29, 1.82) is 0 Å². The molecule has 0 aliphatic carbocycles. The van der Waals surface area contributed by atoms with Crippen LogP contribution in [0.25, 0.3) is 0 Å². The second-order valence-electron chi connectivity index (χ2n) is 4.37. The first-order chi connectivity index (χ1) is 7.11. The van der Waals surface area contributed by atoms with Crippen LogP contribution in [0.1, 0.15) is 40.5 Å². The zero-order valence-electron chi connectivity index (χ0n) is 10.7. The van der Waals surface area contributed by atoms with Gasteiger partial charge >= 0.3 is 0 Å². The van der Waals surface area contributed by atoms with E-state index in [-0.39, 0.29) is 0 Å². The molecule has 2 nitrogen and oxygen atoms in total. The van der Waals surface area contributed by atoms with E-state index in [2.05, 4.69) is 43.8 Å². The van der Waals surface area contributed by atoms with Gasteiger partial charge in [0, 0.05) is 12.1 Å². The summed E-state index contributed by atoms with van der Waals surface area (Å²) in [6.07, 6.45) is 7.77. The first-order valence-electron chi connectivity index (χ1n) is 6.02. The topological polar surface area (TPSA) is 15.3 Å². The maximum Gasteiger partial charge on any atom is 0.0601 e. The zero-order chi connectivity index (χ0) is 11.7. The van der Waals surface area contributed by atoms with Crippen LogP contribution in [-0.4, -0.2) is 36.6 Å². The molecule has 1 N–H and O–H groups in total. The largest absolute Gasteiger partial charge is 0.315 e. The first kappa shape index (κ1) is 14.5. The maximum absolute atomic E-state index is 5.33. The molecule has 0 aromatic heterocycles. The van der Waals surface area contributed by atoms with Crippen molar-refractivity contribution in [3.8, 4) is 12.3 Å². The molecule has 0 aromatic rings. The third-order valence-corrected chi connectivity index (χ3v) is 2.68. The summed E-state index contributed by atoms with van der Waals surface area (Å²) in [4.78, 5) is 2.34. The molecule has 1 unspecified atom stereocenters. The van der Waals surface area contributed by atoms with Gasteiger partial charge < -0.3 is 5.32 Å². The van der Waals surface area contributed by atoms with Gasteiger partial charge in [0.25, 0.3) is 0 Å². The molecule has 0 radical (unpaired) electrons. The van der Waals surface area contributed by atoms with Gasteiger partial charge in [-0.3, -0.25) is 4.90 Å². The van der Waals surface area contributed by atoms with Gasteiger partial charge in [0.2, 0.25) is 0 Å². The first-order valence-corrected chi connectivity index (χ1v) is 6.02. The summed E-state index contributed by atoms with van der Waals surface area (Å²) in [6, 6.07) is 1.19. The number of nitrogens with one attached hydrogen (secondary N) is 1. The van der Waals surface area contributed by atoms with Crippen LogP contribution in [0.15, 0.2) is 0 Å². The quantitative estimate of drug-likeness (QED) is 0.487. The minimum atomic E-state index is 0.591. The highest BCUT2D eigenvalue weighted by atomic mass is 15.1. The third kappa shape index (κ3) is 7.41. The Morgan fingerprint density at radius 1 is 1.33 bits per heavy atom. The van der Waals surface area contributed by atoms with E-state index in [4.69, 9.17) is 6.42 Å². The van der Waals surface area contributed by atoms with E-state index >= 15 is 0 Å². The zero-order valence-corrected chi connectivity index (χ0v) is 10.7. The number of hydrogen-bond donors (Lipinski definition) is 1. The molecule has 15 heavy (non-hydrogen) atoms. The average molecular weight is 210 g/mol. The second-order valence-corrected chi connectivity index (χ2v) is 4.37. The lowest BCUT2D eigenvalue weighted by atomic mass is 10.1. The summed E-state index contributed by atoms with van der Waals surface area (Å²) in [7, 11) is 0. The SMILES string of the molecule is C#CCN(CC)C(C)CCCNC(C)C. The highest BCUT2D eigenvalue weighted by Gasteiger charge is 2.09. The standard InChI is InChI=1S/C13H26N2/c1-6-11-15(7-2)13(5)9-8-10-14-12(3)4/h1,12-14H,7-11H2,2-5H3. The van der Waals surface area contributed by atoms with Crippen molar-refractivity contribution >= 4 is 0 Å². The summed E-state index contributed by atoms with van der Waals surface area (Å²) >= 11 is 0. The molecule has 0 spiro atoms. The van der Waals surface area contributed by atoms with E-state index in [1.54, 1.807) is 0 Å². The Morgan fingerprint density at radius 2 is 2.00 bits per heavy atom. The number of rotatable bonds is 8. The van der Waals surface area contributed by atoms with Gasteiger partial charge in [-0.15, -0.1) is 6.42 Å². The molecule has 0 saturated carbocycles. The third-order valence-electron chi connectivity index (χ3n) is 2.68. The molecular formula is C13H26N2. The fraction of sp³-hybridized carbons (Fsp3) is 0.846. The minimum absolute atomic E-state index is 0.591. The minimum Gasteiger partial charge on any atom is -0.315 e. The normalized spacial score (nSPS) is 13.1. The van der Waals surface area contributed by atoms with Crippen molar-refractivity contribution in [3.05, 3.63) is 0 Å². The molecule has 88 valence electrons. The van der Waals surface area contributed by atoms with Gasteiger partial charge in [-0.05, 0) is 32.9 Å². The van der Waals surface area contributed by atoms with Crippen LogP contribution >= 0.6 is 0 Å². The van der Waals surface area contributed by atoms with Crippen LogP contribution in [0.3, 0.4) is 0 Å². The molecular weight excluding hydrogens is 184 g/mol. The Bertz CT molecular complexity index is 181. The lowest BCUT2D eigenvalue weighted by molar-refractivity contribution is 0.232. The molecule has 0 rings (SSSR count). The Hall–Kier alpha value is -0.520. The van der Waals surface area contributed by atoms with Crippen LogP contribution in [0, 0.1) is 12.3 Å². The molecule has 0 heterocycles. The molecule has 1 atom stereocenters. The van der Waals surface area contributed by atoms with E-state index in [1.165, 1.54) is 12.8 Å². The Kier molecular flexibility index (Phi) is 8.46. The molecule has 0 aliphatic rings. The van der Waals surface area contributed by atoms with Crippen molar-refractivity contribution < 1.29 is 0 Å². The molecule has 0 aromatic carbocycles. The summed E-state index contributed by atoms with van der Waals surface area (Å²) in [5, 5.41) is 3.43. The van der Waals surface area contributed by atoms with E-state index < -0.39 is 0 Å². The van der Waals surface area contributed by atoms with Crippen LogP contribution in [0.5, 0.6) is 0 Å². The molecule has 0 fully saturated rings. The van der Waals surface area contributed by atoms with Gasteiger partial charge in [-0.2, -0.15) is 0 Å². The Balaban J connectivity index is 3.62. The number of nitrogens with zero attached hydrogens (tertiary/aromatic N) is 1. The molecule has 0 amide bonds. The van der Waals surface area contributed by atoms with Gasteiger partial charge in [-0.25, -0.2) is 0 Å². The van der Waals surface area contributed by atoms with Gasteiger partial charge in [0.1, 0.15) is 0 Å². The average Bonchev–Trinajstić information content (AvgIpc) is 2.20. The van der Waals surface area contributed by atoms with Crippen LogP contribution in [-0.2, 0) is 0 Å². The summed E-state index contributed by atoms with van der Waals surface area (Å²) in [6.45, 7) is 11.7. The second kappa shape index (κ2) is 8.76. The van der Waals surface area contributed by atoms with Crippen molar-refractivity contribution in [3.63, 3.8) is 0 Å². The fourth-order valence-electron chi connectivity index (χ4n) is 1.67. The smallest absolute Gasteiger partial charge is 0.0601 e. The highest BCUT2D eigenvalue weighted by molar-refractivity contribution is 4.89. The summed E-state index contributed by atoms with van der Waals surface area (Å²) in [5.74, 6) is 2.72. The van der Waals surface area contributed by atoms with Crippen LogP contribution in [0.4, 0.5) is 0 Å². The lowest BCUT2D eigenvalue weighted by Gasteiger charge is -2.25. The maximum atomic E-state index is 5.33. The Labute approximate surface area is 95.4 Å². The number of terminal acetylenes is 1. The molecule has 0 aliphatic heterocycles. The fourth-order valence-corrected chi connectivity index (χ4v) is 1.67. The van der Waals surface area contributed by atoms with E-state index in [0.717, 1.165) is 19.6 Å². The van der Waals surface area contributed by atoms with E-state index in [0.29, 0.717) is 12.1 Å². The number of hydrogen-bond acceptors (Lipinski definition) is 2. The van der Waals surface area contributed by atoms with Gasteiger partial charge in [0.15, 0.2) is 0 Å². The molecule has 2 heteroatoms. The van der Waals surface area contributed by atoms with E-state index in [9.17, 15) is 0 Å². The molecule has 0 bridgehead atoms. The Morgan fingerprint density at radius 3 is 2.47 bits per heavy atom. The summed E-state index contributed by atoms with van der Waals surface area (Å²) < 4.78 is 0. The predicted octanol–water partition coefficient (Wildman–Crippen LogP) is 2.11. The van der Waals surface area contributed by atoms with Crippen molar-refractivity contribution in [1.82, 2.24) is 10.2 Å². The van der Waals surface area contributed by atoms with E-state index in [1.807, 2.05) is 0 Å². The monoisotopic (exact) mass is 210 g/mol. The van der Waals surface area contributed by atoms with Crippen molar-refractivity contribution in [2.24, 2.45) is 0 Å². The van der Waals surface area contributed by atoms with Gasteiger partial charge in [-0.1, -0.05) is 26.7 Å². The molecule has 0 saturated heterocycles. The van der Waals surface area contributed by atoms with Crippen LogP contribution in [0.2, 0.25) is 0 Å². The highest BCUT2D eigenvalue weighted by Crippen LogP contribution is 2.05. The lowest BCUT2D eigenvalue weighted by Crippen LogP contribution is -2.34. The summed E-state index contributed by atoms with van der Waals surface area (Å²) in [5.41, 5.74) is 0. The predicted molar refractivity (Wildman–Crippen MR) is 67.9 cm³/mol. The van der Waals surface area contributed by atoms with Crippen molar-refractivity contribution in [2.75, 3.05) is 19.6 Å². The van der Waals surface area contributed by atoms with Crippen molar-refractivity contribution in [2.45, 2.75) is 52.6 Å².